The Labute approximate surface area is 140 Å². The molecule has 0 unspecified atom stereocenters. The van der Waals surface area contributed by atoms with E-state index in [2.05, 4.69) is 4.90 Å². The summed E-state index contributed by atoms with van der Waals surface area (Å²) in [6.07, 6.45) is 3.41. The summed E-state index contributed by atoms with van der Waals surface area (Å²) in [5.74, 6) is 0.674. The quantitative estimate of drug-likeness (QED) is 0.637. The predicted octanol–water partition coefficient (Wildman–Crippen LogP) is 2.30. The van der Waals surface area contributed by atoms with Gasteiger partial charge >= 0.3 is 13.1 Å². The molecule has 23 heavy (non-hydrogen) atoms. The molecule has 2 heterocycles. The Kier molecular flexibility index (Phi) is 4.03. The lowest BCUT2D eigenvalue weighted by atomic mass is 9.77. The molecule has 1 saturated carbocycles. The summed E-state index contributed by atoms with van der Waals surface area (Å²) in [4.78, 5) is 14.9. The van der Waals surface area contributed by atoms with Crippen molar-refractivity contribution in [2.24, 2.45) is 0 Å². The molecular weight excluding hydrogens is 313 g/mol. The molecule has 3 aliphatic rings. The molecule has 0 radical (unpaired) electrons. The van der Waals surface area contributed by atoms with Gasteiger partial charge in [0.05, 0.1) is 0 Å². The van der Waals surface area contributed by atoms with Crippen LogP contribution in [0, 0.1) is 0 Å². The number of hydrogen-bond donors (Lipinski definition) is 2. The van der Waals surface area contributed by atoms with Gasteiger partial charge in [0.2, 0.25) is 0 Å². The molecule has 2 atom stereocenters. The SMILES string of the molecule is O=C(O)c1c(SCCN2CCCC2)ccc2c1OB(O)[C@H]1C[C@@H]21. The highest BCUT2D eigenvalue weighted by molar-refractivity contribution is 7.99. The number of thioether (sulfide) groups is 1. The molecule has 1 aromatic carbocycles. The Hall–Kier alpha value is -1.18. The van der Waals surface area contributed by atoms with Gasteiger partial charge in [-0.15, -0.1) is 11.8 Å². The van der Waals surface area contributed by atoms with Crippen molar-refractivity contribution in [3.63, 3.8) is 0 Å². The van der Waals surface area contributed by atoms with E-state index in [-0.39, 0.29) is 17.3 Å². The monoisotopic (exact) mass is 333 g/mol. The predicted molar refractivity (Wildman–Crippen MR) is 89.5 cm³/mol. The van der Waals surface area contributed by atoms with Crippen LogP contribution in [0.25, 0.3) is 0 Å². The van der Waals surface area contributed by atoms with Crippen LogP contribution in [0.5, 0.6) is 5.75 Å². The molecule has 0 spiro atoms. The molecule has 1 aromatic rings. The smallest absolute Gasteiger partial charge is 0.526 e. The molecule has 2 N–H and O–H groups in total. The van der Waals surface area contributed by atoms with Crippen molar-refractivity contribution in [3.8, 4) is 5.75 Å². The number of carboxylic acids is 1. The number of aromatic carboxylic acids is 1. The normalized spacial score (nSPS) is 25.7. The first-order valence-corrected chi connectivity index (χ1v) is 9.24. The summed E-state index contributed by atoms with van der Waals surface area (Å²) in [5, 5.41) is 19.6. The molecule has 0 amide bonds. The minimum Gasteiger partial charge on any atom is -0.535 e. The van der Waals surface area contributed by atoms with E-state index >= 15 is 0 Å². The summed E-state index contributed by atoms with van der Waals surface area (Å²) in [5.41, 5.74) is 1.17. The van der Waals surface area contributed by atoms with Gasteiger partial charge in [0.1, 0.15) is 11.3 Å². The lowest BCUT2D eigenvalue weighted by Gasteiger charge is -2.22. The summed E-state index contributed by atoms with van der Waals surface area (Å²) in [6, 6.07) is 3.89. The minimum atomic E-state index is -0.975. The van der Waals surface area contributed by atoms with Gasteiger partial charge in [0, 0.05) is 23.0 Å². The number of carbonyl (C=O) groups is 1. The van der Waals surface area contributed by atoms with Crippen LogP contribution < -0.4 is 4.65 Å². The first kappa shape index (κ1) is 15.4. The summed E-state index contributed by atoms with van der Waals surface area (Å²) >= 11 is 1.57. The van der Waals surface area contributed by atoms with Gasteiger partial charge in [-0.05, 0) is 49.9 Å². The van der Waals surface area contributed by atoms with Gasteiger partial charge in [0.15, 0.2) is 0 Å². The molecule has 5 nitrogen and oxygen atoms in total. The number of fused-ring (bicyclic) bond motifs is 3. The van der Waals surface area contributed by atoms with E-state index in [1.807, 2.05) is 12.1 Å². The van der Waals surface area contributed by atoms with Gasteiger partial charge in [-0.3, -0.25) is 0 Å². The number of hydrogen-bond acceptors (Lipinski definition) is 5. The van der Waals surface area contributed by atoms with Crippen molar-refractivity contribution in [1.29, 1.82) is 0 Å². The maximum absolute atomic E-state index is 11.8. The fourth-order valence-electron chi connectivity index (χ4n) is 3.71. The highest BCUT2D eigenvalue weighted by atomic mass is 32.2. The van der Waals surface area contributed by atoms with E-state index in [1.54, 1.807) is 11.8 Å². The average molecular weight is 333 g/mol. The van der Waals surface area contributed by atoms with Crippen molar-refractivity contribution in [3.05, 3.63) is 23.3 Å². The number of likely N-dealkylation sites (tertiary alicyclic amines) is 1. The molecule has 0 aromatic heterocycles. The minimum absolute atomic E-state index is 0.137. The van der Waals surface area contributed by atoms with Crippen molar-refractivity contribution in [1.82, 2.24) is 4.90 Å². The molecule has 1 aliphatic carbocycles. The van der Waals surface area contributed by atoms with E-state index in [0.717, 1.165) is 42.3 Å². The first-order valence-electron chi connectivity index (χ1n) is 8.25. The van der Waals surface area contributed by atoms with Crippen LogP contribution in [0.2, 0.25) is 5.82 Å². The number of carboxylic acid groups (broad SMARTS) is 1. The second-order valence-electron chi connectivity index (χ2n) is 6.57. The Morgan fingerprint density at radius 1 is 1.39 bits per heavy atom. The van der Waals surface area contributed by atoms with Crippen LogP contribution >= 0.6 is 11.8 Å². The zero-order valence-electron chi connectivity index (χ0n) is 12.9. The summed E-state index contributed by atoms with van der Waals surface area (Å²) in [7, 11) is -0.865. The molecule has 0 bridgehead atoms. The molecule has 1 saturated heterocycles. The van der Waals surface area contributed by atoms with E-state index in [0.29, 0.717) is 5.75 Å². The number of rotatable bonds is 5. The zero-order valence-corrected chi connectivity index (χ0v) is 13.7. The Bertz CT molecular complexity index is 635. The topological polar surface area (TPSA) is 70.0 Å². The highest BCUT2D eigenvalue weighted by Crippen LogP contribution is 2.60. The van der Waals surface area contributed by atoms with E-state index in [1.165, 1.54) is 12.8 Å². The third-order valence-corrected chi connectivity index (χ3v) is 6.11. The Morgan fingerprint density at radius 2 is 2.17 bits per heavy atom. The van der Waals surface area contributed by atoms with Crippen LogP contribution in [0.1, 0.15) is 41.1 Å². The molecule has 2 fully saturated rings. The van der Waals surface area contributed by atoms with Crippen LogP contribution in [0.4, 0.5) is 0 Å². The van der Waals surface area contributed by atoms with Crippen LogP contribution in [0.15, 0.2) is 17.0 Å². The lowest BCUT2D eigenvalue weighted by molar-refractivity contribution is 0.0690. The van der Waals surface area contributed by atoms with E-state index in [4.69, 9.17) is 4.65 Å². The molecule has 7 heteroatoms. The van der Waals surface area contributed by atoms with Gasteiger partial charge in [-0.25, -0.2) is 4.79 Å². The molecule has 4 rings (SSSR count). The third-order valence-electron chi connectivity index (χ3n) is 5.07. The highest BCUT2D eigenvalue weighted by Gasteiger charge is 2.54. The van der Waals surface area contributed by atoms with Crippen LogP contribution in [0.3, 0.4) is 0 Å². The molecular formula is C16H20BNO4S. The number of nitrogens with zero attached hydrogens (tertiary/aromatic N) is 1. The average Bonchev–Trinajstić information content (AvgIpc) is 3.17. The van der Waals surface area contributed by atoms with Gasteiger partial charge in [-0.1, -0.05) is 6.07 Å². The van der Waals surface area contributed by atoms with E-state index in [9.17, 15) is 14.9 Å². The second-order valence-corrected chi connectivity index (χ2v) is 7.71. The summed E-state index contributed by atoms with van der Waals surface area (Å²) in [6.45, 7) is 3.28. The van der Waals surface area contributed by atoms with Crippen molar-refractivity contribution >= 4 is 24.8 Å². The maximum Gasteiger partial charge on any atom is 0.526 e. The van der Waals surface area contributed by atoms with Gasteiger partial charge < -0.3 is 19.7 Å². The van der Waals surface area contributed by atoms with Crippen molar-refractivity contribution < 1.29 is 19.6 Å². The Balaban J connectivity index is 1.54. The standard InChI is InChI=1S/C16H20BNO4S/c19-16(20)14-13(23-8-7-18-5-1-2-6-18)4-3-10-11-9-12(11)17(21)22-15(10)14/h3-4,11-12,21H,1-2,5-9H2,(H,19,20)/t11-,12-/m0/s1. The lowest BCUT2D eigenvalue weighted by Crippen LogP contribution is -2.27. The van der Waals surface area contributed by atoms with Gasteiger partial charge in [0.25, 0.3) is 0 Å². The van der Waals surface area contributed by atoms with Crippen molar-refractivity contribution in [2.75, 3.05) is 25.4 Å². The van der Waals surface area contributed by atoms with E-state index < -0.39 is 13.1 Å². The second kappa shape index (κ2) is 6.04. The first-order chi connectivity index (χ1) is 11.1. The van der Waals surface area contributed by atoms with Crippen LogP contribution in [-0.2, 0) is 0 Å². The fourth-order valence-corrected chi connectivity index (χ4v) is 4.77. The Morgan fingerprint density at radius 3 is 2.91 bits per heavy atom. The summed E-state index contributed by atoms with van der Waals surface area (Å²) < 4.78 is 5.55. The molecule has 122 valence electrons. The van der Waals surface area contributed by atoms with Gasteiger partial charge in [-0.2, -0.15) is 0 Å². The largest absolute Gasteiger partial charge is 0.535 e. The number of benzene rings is 1. The fraction of sp³-hybridized carbons (Fsp3) is 0.562. The van der Waals surface area contributed by atoms with Crippen molar-refractivity contribution in [2.45, 2.75) is 35.9 Å². The third kappa shape index (κ3) is 2.86. The zero-order chi connectivity index (χ0) is 16.0. The van der Waals surface area contributed by atoms with Crippen LogP contribution in [-0.4, -0.2) is 53.5 Å². The molecule has 2 aliphatic heterocycles. The maximum atomic E-state index is 11.8.